The van der Waals surface area contributed by atoms with Crippen molar-refractivity contribution in [3.63, 3.8) is 0 Å². The second-order valence-electron chi connectivity index (χ2n) is 10.5. The molecule has 2 heterocycles. The zero-order valence-corrected chi connectivity index (χ0v) is 22.4. The highest BCUT2D eigenvalue weighted by Crippen LogP contribution is 2.38. The fraction of sp³-hybridized carbons (Fsp3) is 0.406. The molecule has 0 aliphatic carbocycles. The summed E-state index contributed by atoms with van der Waals surface area (Å²) in [6, 6.07) is 25.8. The molecule has 0 unspecified atom stereocenters. The molecular weight excluding hydrogens is 490 g/mol. The van der Waals surface area contributed by atoms with E-state index in [0.29, 0.717) is 13.1 Å². The number of carbonyl (C=O) groups excluding carboxylic acids is 1. The lowest BCUT2D eigenvalue weighted by atomic mass is 9.99. The van der Waals surface area contributed by atoms with E-state index < -0.39 is 6.29 Å². The van der Waals surface area contributed by atoms with Gasteiger partial charge in [-0.25, -0.2) is 4.79 Å². The van der Waals surface area contributed by atoms with E-state index in [1.165, 1.54) is 19.3 Å². The Morgan fingerprint density at radius 1 is 0.769 bits per heavy atom. The number of benzene rings is 3. The molecule has 3 aromatic rings. The Morgan fingerprint density at radius 2 is 1.38 bits per heavy atom. The van der Waals surface area contributed by atoms with Gasteiger partial charge in [-0.15, -0.1) is 0 Å². The van der Waals surface area contributed by atoms with Crippen molar-refractivity contribution in [2.75, 3.05) is 19.6 Å². The summed E-state index contributed by atoms with van der Waals surface area (Å²) in [6.45, 7) is 4.12. The lowest BCUT2D eigenvalue weighted by molar-refractivity contribution is -0.253. The third-order valence-corrected chi connectivity index (χ3v) is 7.53. The SMILES string of the molecule is O=C(NCc1ccccc1)NCc1ccc([C@H]2O[C@@H](CN3CCCCC3)C[C@@H](c3ccc(CO)cc3)O2)cc1. The lowest BCUT2D eigenvalue weighted by Crippen LogP contribution is -2.41. The number of nitrogens with zero attached hydrogens (tertiary/aromatic N) is 1. The number of piperidine rings is 1. The van der Waals surface area contributed by atoms with Gasteiger partial charge in [0, 0.05) is 31.6 Å². The second-order valence-corrected chi connectivity index (χ2v) is 10.5. The third kappa shape index (κ3) is 7.90. The van der Waals surface area contributed by atoms with Crippen LogP contribution in [-0.2, 0) is 29.2 Å². The average molecular weight is 530 g/mol. The maximum atomic E-state index is 12.2. The van der Waals surface area contributed by atoms with Crippen LogP contribution in [0.25, 0.3) is 0 Å². The summed E-state index contributed by atoms with van der Waals surface area (Å²) >= 11 is 0. The van der Waals surface area contributed by atoms with E-state index in [0.717, 1.165) is 53.9 Å². The zero-order chi connectivity index (χ0) is 26.9. The minimum absolute atomic E-state index is 0.0328. The Labute approximate surface area is 231 Å². The van der Waals surface area contributed by atoms with Crippen LogP contribution in [0.1, 0.15) is 65.9 Å². The van der Waals surface area contributed by atoms with Crippen LogP contribution in [0.15, 0.2) is 78.9 Å². The standard InChI is InChI=1S/C32H39N3O4/c36-23-26-11-13-27(14-12-26)30-19-29(22-35-17-5-2-6-18-35)38-31(39-30)28-15-9-25(10-16-28)21-34-32(37)33-20-24-7-3-1-4-8-24/h1,3-4,7-16,29-31,36H,2,5-6,17-23H2,(H2,33,34,37)/t29-,30+,31+/m1/s1. The van der Waals surface area contributed by atoms with E-state index in [1.54, 1.807) is 0 Å². The molecule has 39 heavy (non-hydrogen) atoms. The van der Waals surface area contributed by atoms with Crippen molar-refractivity contribution in [1.82, 2.24) is 15.5 Å². The lowest BCUT2D eigenvalue weighted by Gasteiger charge is -2.39. The Kier molecular flexibility index (Phi) is 9.61. The van der Waals surface area contributed by atoms with Crippen molar-refractivity contribution in [2.24, 2.45) is 0 Å². The van der Waals surface area contributed by atoms with Gasteiger partial charge in [-0.1, -0.05) is 85.3 Å². The summed E-state index contributed by atoms with van der Waals surface area (Å²) in [5.74, 6) is 0. The number of likely N-dealkylation sites (tertiary alicyclic amines) is 1. The van der Waals surface area contributed by atoms with Crippen LogP contribution in [0, 0.1) is 0 Å². The molecule has 2 aliphatic heterocycles. The predicted molar refractivity (Wildman–Crippen MR) is 151 cm³/mol. The molecule has 2 aliphatic rings. The van der Waals surface area contributed by atoms with Gasteiger partial charge in [0.2, 0.25) is 0 Å². The number of urea groups is 1. The van der Waals surface area contributed by atoms with Crippen LogP contribution in [0.5, 0.6) is 0 Å². The van der Waals surface area contributed by atoms with Gasteiger partial charge in [0.25, 0.3) is 0 Å². The van der Waals surface area contributed by atoms with Crippen LogP contribution < -0.4 is 10.6 Å². The molecule has 2 fully saturated rings. The number of carbonyl (C=O) groups is 1. The van der Waals surface area contributed by atoms with E-state index >= 15 is 0 Å². The summed E-state index contributed by atoms with van der Waals surface area (Å²) in [4.78, 5) is 14.7. The van der Waals surface area contributed by atoms with E-state index in [-0.39, 0.29) is 24.8 Å². The maximum Gasteiger partial charge on any atom is 0.315 e. The average Bonchev–Trinajstić information content (AvgIpc) is 3.00. The number of rotatable bonds is 9. The minimum Gasteiger partial charge on any atom is -0.392 e. The summed E-state index contributed by atoms with van der Waals surface area (Å²) in [5, 5.41) is 15.2. The molecule has 5 rings (SSSR count). The van der Waals surface area contributed by atoms with Crippen molar-refractivity contribution in [1.29, 1.82) is 0 Å². The Hall–Kier alpha value is -3.23. The largest absolute Gasteiger partial charge is 0.392 e. The van der Waals surface area contributed by atoms with Crippen molar-refractivity contribution < 1.29 is 19.4 Å². The topological polar surface area (TPSA) is 83.1 Å². The molecule has 0 aromatic heterocycles. The highest BCUT2D eigenvalue weighted by molar-refractivity contribution is 5.73. The molecule has 0 spiro atoms. The van der Waals surface area contributed by atoms with Gasteiger partial charge in [0.05, 0.1) is 18.8 Å². The first-order valence-electron chi connectivity index (χ1n) is 14.0. The summed E-state index contributed by atoms with van der Waals surface area (Å²) < 4.78 is 13.0. The Morgan fingerprint density at radius 3 is 2.05 bits per heavy atom. The highest BCUT2D eigenvalue weighted by Gasteiger charge is 2.33. The fourth-order valence-corrected chi connectivity index (χ4v) is 5.28. The number of aliphatic hydroxyl groups excluding tert-OH is 1. The van der Waals surface area contributed by atoms with E-state index in [1.807, 2.05) is 78.9 Å². The third-order valence-electron chi connectivity index (χ3n) is 7.53. The van der Waals surface area contributed by atoms with Crippen LogP contribution in [0.3, 0.4) is 0 Å². The van der Waals surface area contributed by atoms with Crippen LogP contribution in [0.4, 0.5) is 4.79 Å². The van der Waals surface area contributed by atoms with Gasteiger partial charge in [-0.2, -0.15) is 0 Å². The van der Waals surface area contributed by atoms with Crippen molar-refractivity contribution in [3.05, 3.63) is 107 Å². The molecule has 2 amide bonds. The van der Waals surface area contributed by atoms with Gasteiger partial charge in [-0.05, 0) is 48.2 Å². The predicted octanol–water partition coefficient (Wildman–Crippen LogP) is 5.21. The van der Waals surface area contributed by atoms with Gasteiger partial charge < -0.3 is 30.1 Å². The number of aliphatic hydroxyl groups is 1. The molecule has 0 bridgehead atoms. The number of amides is 2. The molecule has 3 atom stereocenters. The molecule has 0 saturated carbocycles. The first-order valence-corrected chi connectivity index (χ1v) is 14.0. The van der Waals surface area contributed by atoms with Gasteiger partial charge in [0.1, 0.15) is 0 Å². The van der Waals surface area contributed by atoms with Crippen LogP contribution in [0.2, 0.25) is 0 Å². The fourth-order valence-electron chi connectivity index (χ4n) is 5.28. The normalized spacial score (nSPS) is 21.8. The summed E-state index contributed by atoms with van der Waals surface area (Å²) in [6.07, 6.45) is 4.12. The Bertz CT molecular complexity index is 1160. The van der Waals surface area contributed by atoms with Crippen molar-refractivity contribution in [2.45, 2.75) is 63.9 Å². The van der Waals surface area contributed by atoms with E-state index in [2.05, 4.69) is 15.5 Å². The van der Waals surface area contributed by atoms with Gasteiger partial charge in [0.15, 0.2) is 6.29 Å². The molecular formula is C32H39N3O4. The molecule has 0 radical (unpaired) electrons. The summed E-state index contributed by atoms with van der Waals surface area (Å²) in [7, 11) is 0. The van der Waals surface area contributed by atoms with Crippen molar-refractivity contribution >= 4 is 6.03 Å². The first kappa shape index (κ1) is 27.3. The Balaban J connectivity index is 1.20. The molecule has 3 aromatic carbocycles. The number of nitrogens with one attached hydrogen (secondary N) is 2. The second kappa shape index (κ2) is 13.7. The number of hydrogen-bond donors (Lipinski definition) is 3. The zero-order valence-electron chi connectivity index (χ0n) is 22.4. The maximum absolute atomic E-state index is 12.2. The first-order chi connectivity index (χ1) is 19.2. The van der Waals surface area contributed by atoms with E-state index in [9.17, 15) is 9.90 Å². The molecule has 206 valence electrons. The molecule has 3 N–H and O–H groups in total. The molecule has 7 heteroatoms. The minimum atomic E-state index is -0.466. The number of ether oxygens (including phenoxy) is 2. The van der Waals surface area contributed by atoms with Crippen LogP contribution in [-0.4, -0.2) is 41.8 Å². The number of hydrogen-bond acceptors (Lipinski definition) is 5. The molecule has 7 nitrogen and oxygen atoms in total. The quantitative estimate of drug-likeness (QED) is 0.355. The van der Waals surface area contributed by atoms with E-state index in [4.69, 9.17) is 9.47 Å². The monoisotopic (exact) mass is 529 g/mol. The van der Waals surface area contributed by atoms with Crippen LogP contribution >= 0.6 is 0 Å². The highest BCUT2D eigenvalue weighted by atomic mass is 16.7. The smallest absolute Gasteiger partial charge is 0.315 e. The van der Waals surface area contributed by atoms with Gasteiger partial charge >= 0.3 is 6.03 Å². The van der Waals surface area contributed by atoms with Gasteiger partial charge in [-0.3, -0.25) is 0 Å². The van der Waals surface area contributed by atoms with Crippen molar-refractivity contribution in [3.8, 4) is 0 Å². The molecule has 2 saturated heterocycles. The summed E-state index contributed by atoms with van der Waals surface area (Å²) in [5.41, 5.74) is 5.03.